The SMILES string of the molecule is C[C@H](C(=O)Nc1ccc(C#N)cc1)[N+](C)(C)C1CCCC1. The highest BCUT2D eigenvalue weighted by Gasteiger charge is 2.39. The van der Waals surface area contributed by atoms with E-state index in [0.29, 0.717) is 11.6 Å². The van der Waals surface area contributed by atoms with Crippen LogP contribution in [0.15, 0.2) is 24.3 Å². The highest BCUT2D eigenvalue weighted by molar-refractivity contribution is 5.93. The highest BCUT2D eigenvalue weighted by Crippen LogP contribution is 2.29. The zero-order chi connectivity index (χ0) is 15.5. The number of nitriles is 1. The second kappa shape index (κ2) is 6.28. The van der Waals surface area contributed by atoms with Crippen LogP contribution in [-0.2, 0) is 4.79 Å². The lowest BCUT2D eigenvalue weighted by atomic mass is 10.1. The van der Waals surface area contributed by atoms with Gasteiger partial charge in [0.1, 0.15) is 0 Å². The van der Waals surface area contributed by atoms with Gasteiger partial charge >= 0.3 is 0 Å². The fourth-order valence-corrected chi connectivity index (χ4v) is 3.06. The minimum Gasteiger partial charge on any atom is -0.321 e. The van der Waals surface area contributed by atoms with Crippen molar-refractivity contribution in [2.24, 2.45) is 0 Å². The van der Waals surface area contributed by atoms with Crippen molar-refractivity contribution in [3.05, 3.63) is 29.8 Å². The van der Waals surface area contributed by atoms with Gasteiger partial charge in [0.15, 0.2) is 6.04 Å². The van der Waals surface area contributed by atoms with Crippen LogP contribution in [0, 0.1) is 11.3 Å². The number of benzene rings is 1. The Kier molecular flexibility index (Phi) is 4.64. The smallest absolute Gasteiger partial charge is 0.282 e. The molecule has 0 heterocycles. The second-order valence-corrected chi connectivity index (χ2v) is 6.42. The molecule has 0 unspecified atom stereocenters. The first kappa shape index (κ1) is 15.5. The third kappa shape index (κ3) is 3.43. The van der Waals surface area contributed by atoms with E-state index in [0.717, 1.165) is 10.2 Å². The predicted molar refractivity (Wildman–Crippen MR) is 83.6 cm³/mol. The Hall–Kier alpha value is -1.86. The lowest BCUT2D eigenvalue weighted by molar-refractivity contribution is -0.927. The molecule has 0 saturated heterocycles. The quantitative estimate of drug-likeness (QED) is 0.865. The summed E-state index contributed by atoms with van der Waals surface area (Å²) in [5, 5.41) is 11.7. The van der Waals surface area contributed by atoms with Gasteiger partial charge in [0.25, 0.3) is 5.91 Å². The predicted octanol–water partition coefficient (Wildman–Crippen LogP) is 2.90. The minimum absolute atomic E-state index is 0.0385. The molecule has 4 heteroatoms. The van der Waals surface area contributed by atoms with E-state index in [1.54, 1.807) is 24.3 Å². The number of rotatable bonds is 4. The molecule has 1 amide bonds. The second-order valence-electron chi connectivity index (χ2n) is 6.42. The highest BCUT2D eigenvalue weighted by atomic mass is 16.2. The first-order valence-corrected chi connectivity index (χ1v) is 7.59. The molecule has 1 aliphatic rings. The number of quaternary nitrogens is 1. The van der Waals surface area contributed by atoms with Crippen molar-refractivity contribution in [2.45, 2.75) is 44.7 Å². The van der Waals surface area contributed by atoms with Crippen LogP contribution in [0.3, 0.4) is 0 Å². The van der Waals surface area contributed by atoms with Crippen LogP contribution in [-0.4, -0.2) is 36.6 Å². The van der Waals surface area contributed by atoms with E-state index in [1.165, 1.54) is 25.7 Å². The Morgan fingerprint density at radius 2 is 1.86 bits per heavy atom. The molecule has 4 nitrogen and oxygen atoms in total. The normalized spacial score (nSPS) is 17.2. The summed E-state index contributed by atoms with van der Waals surface area (Å²) in [6.07, 6.45) is 4.97. The van der Waals surface area contributed by atoms with E-state index in [9.17, 15) is 4.79 Å². The van der Waals surface area contributed by atoms with Crippen molar-refractivity contribution >= 4 is 11.6 Å². The van der Waals surface area contributed by atoms with Crippen molar-refractivity contribution < 1.29 is 9.28 Å². The van der Waals surface area contributed by atoms with Gasteiger partial charge in [-0.2, -0.15) is 5.26 Å². The molecule has 112 valence electrons. The summed E-state index contributed by atoms with van der Waals surface area (Å²) in [5.74, 6) is 0.0385. The molecule has 1 aliphatic carbocycles. The Bertz CT molecular complexity index is 536. The molecule has 0 radical (unpaired) electrons. The standard InChI is InChI=1S/C17H23N3O/c1-13(20(2,3)16-6-4-5-7-16)17(21)19-15-10-8-14(12-18)9-11-15/h8-11,13,16H,4-7H2,1-3H3/p+1/t13-/m1/s1. The number of hydrogen-bond acceptors (Lipinski definition) is 2. The Balaban J connectivity index is 2.02. The van der Waals surface area contributed by atoms with E-state index < -0.39 is 0 Å². The van der Waals surface area contributed by atoms with Gasteiger partial charge in [-0.15, -0.1) is 0 Å². The first-order valence-electron chi connectivity index (χ1n) is 7.59. The molecule has 1 atom stereocenters. The maximum Gasteiger partial charge on any atom is 0.282 e. The average Bonchev–Trinajstić information content (AvgIpc) is 3.02. The third-order valence-corrected chi connectivity index (χ3v) is 4.92. The number of carbonyl (C=O) groups excluding carboxylic acids is 1. The summed E-state index contributed by atoms with van der Waals surface area (Å²) in [6, 6.07) is 9.55. The van der Waals surface area contributed by atoms with Crippen molar-refractivity contribution in [3.8, 4) is 6.07 Å². The number of likely N-dealkylation sites (N-methyl/N-ethyl adjacent to an activating group) is 1. The lowest BCUT2D eigenvalue weighted by Crippen LogP contribution is -2.57. The van der Waals surface area contributed by atoms with Crippen molar-refractivity contribution in [3.63, 3.8) is 0 Å². The molecular formula is C17H24N3O+. The molecule has 0 bridgehead atoms. The van der Waals surface area contributed by atoms with Crippen LogP contribution in [0.25, 0.3) is 0 Å². The Morgan fingerprint density at radius 1 is 1.29 bits per heavy atom. The number of hydrogen-bond donors (Lipinski definition) is 1. The lowest BCUT2D eigenvalue weighted by Gasteiger charge is -2.40. The summed E-state index contributed by atoms with van der Waals surface area (Å²) in [4.78, 5) is 12.5. The van der Waals surface area contributed by atoms with Crippen molar-refractivity contribution in [1.82, 2.24) is 0 Å². The van der Waals surface area contributed by atoms with E-state index in [1.807, 2.05) is 6.92 Å². The fourth-order valence-electron chi connectivity index (χ4n) is 3.06. The molecule has 0 aromatic heterocycles. The number of nitrogens with one attached hydrogen (secondary N) is 1. The third-order valence-electron chi connectivity index (χ3n) is 4.92. The Morgan fingerprint density at radius 3 is 2.38 bits per heavy atom. The van der Waals surface area contributed by atoms with Crippen LogP contribution in [0.1, 0.15) is 38.2 Å². The number of carbonyl (C=O) groups is 1. The van der Waals surface area contributed by atoms with E-state index in [4.69, 9.17) is 5.26 Å². The summed E-state index contributed by atoms with van der Waals surface area (Å²) in [5.41, 5.74) is 1.35. The van der Waals surface area contributed by atoms with Crippen LogP contribution in [0.5, 0.6) is 0 Å². The summed E-state index contributed by atoms with van der Waals surface area (Å²) < 4.78 is 0.738. The molecule has 1 saturated carbocycles. The molecule has 2 rings (SSSR count). The molecule has 0 spiro atoms. The van der Waals surface area contributed by atoms with Gasteiger partial charge < -0.3 is 9.80 Å². The van der Waals surface area contributed by atoms with Gasteiger partial charge in [0.2, 0.25) is 0 Å². The maximum absolute atomic E-state index is 12.5. The molecule has 1 fully saturated rings. The van der Waals surface area contributed by atoms with Gasteiger partial charge in [0.05, 0.1) is 31.8 Å². The molecule has 1 aromatic rings. The summed E-state index contributed by atoms with van der Waals surface area (Å²) in [6.45, 7) is 2.00. The number of anilines is 1. The van der Waals surface area contributed by atoms with Crippen LogP contribution >= 0.6 is 0 Å². The van der Waals surface area contributed by atoms with Crippen LogP contribution < -0.4 is 5.32 Å². The maximum atomic E-state index is 12.5. The largest absolute Gasteiger partial charge is 0.321 e. The monoisotopic (exact) mass is 286 g/mol. The van der Waals surface area contributed by atoms with E-state index in [-0.39, 0.29) is 11.9 Å². The zero-order valence-corrected chi connectivity index (χ0v) is 13.1. The number of amides is 1. The van der Waals surface area contributed by atoms with Crippen molar-refractivity contribution in [1.29, 1.82) is 5.26 Å². The average molecular weight is 286 g/mol. The van der Waals surface area contributed by atoms with Gasteiger partial charge in [0, 0.05) is 5.69 Å². The molecule has 1 N–H and O–H groups in total. The zero-order valence-electron chi connectivity index (χ0n) is 13.1. The van der Waals surface area contributed by atoms with Crippen LogP contribution in [0.2, 0.25) is 0 Å². The first-order chi connectivity index (χ1) is 9.95. The molecule has 0 aliphatic heterocycles. The van der Waals surface area contributed by atoms with Crippen LogP contribution in [0.4, 0.5) is 5.69 Å². The minimum atomic E-state index is -0.0938. The topological polar surface area (TPSA) is 52.9 Å². The van der Waals surface area contributed by atoms with Gasteiger partial charge in [-0.05, 0) is 56.9 Å². The molecular weight excluding hydrogens is 262 g/mol. The molecule has 1 aromatic carbocycles. The van der Waals surface area contributed by atoms with E-state index in [2.05, 4.69) is 25.5 Å². The fraction of sp³-hybridized carbons (Fsp3) is 0.529. The Labute approximate surface area is 127 Å². The van der Waals surface area contributed by atoms with Gasteiger partial charge in [-0.25, -0.2) is 0 Å². The number of nitrogens with zero attached hydrogens (tertiary/aromatic N) is 2. The van der Waals surface area contributed by atoms with E-state index >= 15 is 0 Å². The van der Waals surface area contributed by atoms with Crippen molar-refractivity contribution in [2.75, 3.05) is 19.4 Å². The van der Waals surface area contributed by atoms with Gasteiger partial charge in [-0.1, -0.05) is 0 Å². The summed E-state index contributed by atoms with van der Waals surface area (Å²) in [7, 11) is 4.30. The van der Waals surface area contributed by atoms with Gasteiger partial charge in [-0.3, -0.25) is 4.79 Å². The molecule has 21 heavy (non-hydrogen) atoms. The summed E-state index contributed by atoms with van der Waals surface area (Å²) >= 11 is 0.